The molecule has 1 N–H and O–H groups in total. The van der Waals surface area contributed by atoms with E-state index in [1.807, 2.05) is 54.6 Å². The van der Waals surface area contributed by atoms with Gasteiger partial charge in [0.1, 0.15) is 11.5 Å². The van der Waals surface area contributed by atoms with Gasteiger partial charge in [-0.05, 0) is 49.1 Å². The predicted octanol–water partition coefficient (Wildman–Crippen LogP) is 5.59. The Hall–Kier alpha value is -2.60. The number of methoxy groups -OCH3 is 2. The second-order valence-corrected chi connectivity index (χ2v) is 9.26. The summed E-state index contributed by atoms with van der Waals surface area (Å²) in [6.45, 7) is 2.27. The maximum Gasteiger partial charge on any atom is 0.262 e. The summed E-state index contributed by atoms with van der Waals surface area (Å²) < 4.78 is 10.8. The summed E-state index contributed by atoms with van der Waals surface area (Å²) in [5.41, 5.74) is 1.76. The van der Waals surface area contributed by atoms with Crippen LogP contribution < -0.4 is 14.8 Å². The Balaban J connectivity index is 1.67. The lowest BCUT2D eigenvalue weighted by atomic mass is 9.85. The number of rotatable bonds is 6. The van der Waals surface area contributed by atoms with Crippen LogP contribution in [0.5, 0.6) is 11.5 Å². The van der Waals surface area contributed by atoms with E-state index in [0.717, 1.165) is 28.3 Å². The average Bonchev–Trinajstić information content (AvgIpc) is 3.09. The number of para-hydroxylation sites is 1. The first-order valence-corrected chi connectivity index (χ1v) is 11.7. The first kappa shape index (κ1) is 21.6. The Labute approximate surface area is 188 Å². The highest BCUT2D eigenvalue weighted by molar-refractivity contribution is 8.05. The minimum atomic E-state index is -0.129. The van der Waals surface area contributed by atoms with Gasteiger partial charge in [-0.2, -0.15) is 0 Å². The van der Waals surface area contributed by atoms with Crippen LogP contribution in [0.25, 0.3) is 6.08 Å². The molecule has 0 bridgehead atoms. The number of hydrogen-bond acceptors (Lipinski definition) is 5. The first-order chi connectivity index (χ1) is 15.1. The highest BCUT2D eigenvalue weighted by Crippen LogP contribution is 2.43. The Morgan fingerprint density at radius 2 is 1.84 bits per heavy atom. The van der Waals surface area contributed by atoms with Crippen LogP contribution in [-0.2, 0) is 4.79 Å². The van der Waals surface area contributed by atoms with E-state index in [9.17, 15) is 4.79 Å². The molecule has 1 aliphatic carbocycles. The van der Waals surface area contributed by atoms with Crippen molar-refractivity contribution in [1.29, 1.82) is 0 Å². The summed E-state index contributed by atoms with van der Waals surface area (Å²) in [4.78, 5) is 16.4. The fourth-order valence-corrected chi connectivity index (χ4v) is 5.65. The number of anilines is 1. The zero-order valence-corrected chi connectivity index (χ0v) is 19.2. The molecule has 6 heteroatoms. The third-order valence-electron chi connectivity index (χ3n) is 6.15. The van der Waals surface area contributed by atoms with Gasteiger partial charge in [0.05, 0.1) is 19.1 Å². The lowest BCUT2D eigenvalue weighted by Gasteiger charge is -2.39. The Morgan fingerprint density at radius 3 is 2.55 bits per heavy atom. The monoisotopic (exact) mass is 438 g/mol. The standard InChI is InChI=1S/C25H30N2O3S/c1-17-9-7-8-12-21(17)27-24(28)23(31-25(27)26-19-10-5-4-6-11-19)15-18-13-14-20(29-2)16-22(18)30-3/h4-6,10-11,13-17,21,25-26H,7-9,12H2,1-3H3/b23-15-/t17-,21+,25?/m1/s1. The van der Waals surface area contributed by atoms with Gasteiger partial charge in [-0.25, -0.2) is 0 Å². The van der Waals surface area contributed by atoms with Crippen LogP contribution in [0.2, 0.25) is 0 Å². The number of nitrogens with one attached hydrogen (secondary N) is 1. The summed E-state index contributed by atoms with van der Waals surface area (Å²) in [5.74, 6) is 2.01. The summed E-state index contributed by atoms with van der Waals surface area (Å²) in [6.07, 6.45) is 6.59. The molecule has 2 fully saturated rings. The van der Waals surface area contributed by atoms with Gasteiger partial charge < -0.3 is 19.7 Å². The number of thioether (sulfide) groups is 1. The molecule has 1 amide bonds. The summed E-state index contributed by atoms with van der Waals surface area (Å²) in [6, 6.07) is 16.0. The van der Waals surface area contributed by atoms with Gasteiger partial charge in [0.2, 0.25) is 0 Å². The Kier molecular flexibility index (Phi) is 6.76. The van der Waals surface area contributed by atoms with Gasteiger partial charge in [0.15, 0.2) is 5.50 Å². The van der Waals surface area contributed by atoms with Crippen molar-refractivity contribution in [3.05, 3.63) is 59.0 Å². The Bertz CT molecular complexity index is 947. The van der Waals surface area contributed by atoms with Crippen LogP contribution in [0.3, 0.4) is 0 Å². The zero-order valence-electron chi connectivity index (χ0n) is 18.3. The van der Waals surface area contributed by atoms with E-state index in [1.54, 1.807) is 26.0 Å². The van der Waals surface area contributed by atoms with E-state index in [1.165, 1.54) is 19.3 Å². The number of hydrogen-bond donors (Lipinski definition) is 1. The van der Waals surface area contributed by atoms with E-state index < -0.39 is 0 Å². The van der Waals surface area contributed by atoms with E-state index in [4.69, 9.17) is 9.47 Å². The number of carbonyl (C=O) groups excluding carboxylic acids is 1. The maximum atomic E-state index is 13.6. The average molecular weight is 439 g/mol. The van der Waals surface area contributed by atoms with Crippen LogP contribution >= 0.6 is 11.8 Å². The molecular weight excluding hydrogens is 408 g/mol. The number of ether oxygens (including phenoxy) is 2. The largest absolute Gasteiger partial charge is 0.497 e. The maximum absolute atomic E-state index is 13.6. The van der Waals surface area contributed by atoms with Gasteiger partial charge in [0, 0.05) is 23.4 Å². The van der Waals surface area contributed by atoms with Gasteiger partial charge in [-0.15, -0.1) is 0 Å². The minimum absolute atomic E-state index is 0.0926. The van der Waals surface area contributed by atoms with Crippen LogP contribution in [0, 0.1) is 5.92 Å². The van der Waals surface area contributed by atoms with Gasteiger partial charge >= 0.3 is 0 Å². The number of nitrogens with zero attached hydrogens (tertiary/aromatic N) is 1. The molecule has 2 aromatic rings. The second kappa shape index (κ2) is 9.69. The summed E-state index contributed by atoms with van der Waals surface area (Å²) in [7, 11) is 3.27. The first-order valence-electron chi connectivity index (χ1n) is 10.9. The molecule has 1 aliphatic heterocycles. The molecule has 1 heterocycles. The zero-order chi connectivity index (χ0) is 21.8. The smallest absolute Gasteiger partial charge is 0.262 e. The molecule has 164 valence electrons. The molecule has 1 saturated carbocycles. The molecule has 1 unspecified atom stereocenters. The normalized spacial score (nSPS) is 25.0. The molecule has 2 aliphatic rings. The van der Waals surface area contributed by atoms with Crippen molar-refractivity contribution < 1.29 is 14.3 Å². The quantitative estimate of drug-likeness (QED) is 0.596. The lowest BCUT2D eigenvalue weighted by Crippen LogP contribution is -2.48. The van der Waals surface area contributed by atoms with Crippen molar-refractivity contribution in [1.82, 2.24) is 4.90 Å². The molecule has 0 aromatic heterocycles. The van der Waals surface area contributed by atoms with Gasteiger partial charge in [-0.3, -0.25) is 4.79 Å². The molecule has 2 aromatic carbocycles. The van der Waals surface area contributed by atoms with Crippen molar-refractivity contribution in [2.75, 3.05) is 19.5 Å². The molecule has 0 spiro atoms. The van der Waals surface area contributed by atoms with Crippen LogP contribution in [-0.4, -0.2) is 36.6 Å². The van der Waals surface area contributed by atoms with Crippen molar-refractivity contribution in [2.45, 2.75) is 44.1 Å². The summed E-state index contributed by atoms with van der Waals surface area (Å²) in [5, 5.41) is 3.58. The predicted molar refractivity (Wildman–Crippen MR) is 127 cm³/mol. The van der Waals surface area contributed by atoms with Crippen LogP contribution in [0.4, 0.5) is 5.69 Å². The van der Waals surface area contributed by atoms with Crippen LogP contribution in [0.1, 0.15) is 38.2 Å². The molecule has 5 nitrogen and oxygen atoms in total. The fourth-order valence-electron chi connectivity index (χ4n) is 4.45. The van der Waals surface area contributed by atoms with E-state index >= 15 is 0 Å². The molecule has 3 atom stereocenters. The Morgan fingerprint density at radius 1 is 1.06 bits per heavy atom. The highest BCUT2D eigenvalue weighted by Gasteiger charge is 2.43. The topological polar surface area (TPSA) is 50.8 Å². The fraction of sp³-hybridized carbons (Fsp3) is 0.400. The van der Waals surface area contributed by atoms with Crippen molar-refractivity contribution >= 4 is 29.4 Å². The molecule has 4 rings (SSSR count). The van der Waals surface area contributed by atoms with Crippen molar-refractivity contribution in [3.8, 4) is 11.5 Å². The van der Waals surface area contributed by atoms with E-state index in [2.05, 4.69) is 17.1 Å². The number of benzene rings is 2. The van der Waals surface area contributed by atoms with Crippen molar-refractivity contribution in [3.63, 3.8) is 0 Å². The molecule has 31 heavy (non-hydrogen) atoms. The lowest BCUT2D eigenvalue weighted by molar-refractivity contribution is -0.129. The number of carbonyl (C=O) groups is 1. The van der Waals surface area contributed by atoms with Gasteiger partial charge in [-0.1, -0.05) is 49.7 Å². The number of amides is 1. The summed E-state index contributed by atoms with van der Waals surface area (Å²) >= 11 is 1.58. The molecular formula is C25H30N2O3S. The third-order valence-corrected chi connectivity index (χ3v) is 7.27. The van der Waals surface area contributed by atoms with E-state index in [-0.39, 0.29) is 17.4 Å². The molecule has 0 radical (unpaired) electrons. The van der Waals surface area contributed by atoms with Crippen LogP contribution in [0.15, 0.2) is 53.4 Å². The second-order valence-electron chi connectivity index (χ2n) is 8.14. The van der Waals surface area contributed by atoms with Gasteiger partial charge in [0.25, 0.3) is 5.91 Å². The SMILES string of the molecule is COc1ccc(/C=C2\SC(Nc3ccccc3)N([C@H]3CCCC[C@H]3C)C2=O)c(OC)c1. The third kappa shape index (κ3) is 4.69. The van der Waals surface area contributed by atoms with Crippen molar-refractivity contribution in [2.24, 2.45) is 5.92 Å². The van der Waals surface area contributed by atoms with E-state index in [0.29, 0.717) is 11.7 Å². The molecule has 1 saturated heterocycles. The highest BCUT2D eigenvalue weighted by atomic mass is 32.2. The minimum Gasteiger partial charge on any atom is -0.497 e.